The van der Waals surface area contributed by atoms with Gasteiger partial charge in [0.15, 0.2) is 0 Å². The lowest BCUT2D eigenvalue weighted by Gasteiger charge is -2.01. The predicted octanol–water partition coefficient (Wildman–Crippen LogP) is 2.78. The topological polar surface area (TPSA) is 25.8 Å². The Labute approximate surface area is 81.2 Å². The molecule has 0 N–H and O–H groups in total. The highest BCUT2D eigenvalue weighted by Crippen LogP contribution is 2.22. The van der Waals surface area contributed by atoms with E-state index in [4.69, 9.17) is 0 Å². The molecule has 0 radical (unpaired) electrons. The van der Waals surface area contributed by atoms with E-state index in [1.807, 2.05) is 36.8 Å². The molecule has 0 aliphatic carbocycles. The molecule has 2 heterocycles. The first-order valence-electron chi connectivity index (χ1n) is 4.52. The van der Waals surface area contributed by atoms with Gasteiger partial charge in [0.25, 0.3) is 0 Å². The van der Waals surface area contributed by atoms with Crippen molar-refractivity contribution in [2.45, 2.75) is 0 Å². The molecular weight excluding hydrogens is 172 g/mol. The zero-order valence-corrected chi connectivity index (χ0v) is 7.51. The van der Waals surface area contributed by atoms with Crippen molar-refractivity contribution in [3.8, 4) is 0 Å². The van der Waals surface area contributed by atoms with Crippen molar-refractivity contribution in [2.75, 3.05) is 0 Å². The lowest BCUT2D eigenvalue weighted by molar-refractivity contribution is 1.36. The molecule has 2 aromatic heterocycles. The third-order valence-electron chi connectivity index (χ3n) is 2.40. The van der Waals surface area contributed by atoms with Crippen molar-refractivity contribution in [1.82, 2.24) is 9.97 Å². The van der Waals surface area contributed by atoms with Crippen LogP contribution in [-0.4, -0.2) is 9.97 Å². The van der Waals surface area contributed by atoms with E-state index in [0.717, 1.165) is 10.9 Å². The summed E-state index contributed by atoms with van der Waals surface area (Å²) < 4.78 is 0. The van der Waals surface area contributed by atoms with Gasteiger partial charge in [0.1, 0.15) is 0 Å². The van der Waals surface area contributed by atoms with Crippen molar-refractivity contribution < 1.29 is 0 Å². The van der Waals surface area contributed by atoms with E-state index in [2.05, 4.69) is 22.1 Å². The normalized spacial score (nSPS) is 10.9. The van der Waals surface area contributed by atoms with Gasteiger partial charge in [0.05, 0.1) is 5.52 Å². The van der Waals surface area contributed by atoms with Gasteiger partial charge in [-0.3, -0.25) is 9.97 Å². The van der Waals surface area contributed by atoms with Gasteiger partial charge in [-0.1, -0.05) is 12.1 Å². The zero-order valence-electron chi connectivity index (χ0n) is 7.51. The summed E-state index contributed by atoms with van der Waals surface area (Å²) in [5, 5.41) is 3.56. The number of benzene rings is 1. The van der Waals surface area contributed by atoms with Crippen molar-refractivity contribution in [3.63, 3.8) is 0 Å². The second-order valence-electron chi connectivity index (χ2n) is 3.23. The molecule has 14 heavy (non-hydrogen) atoms. The number of nitrogens with zero attached hydrogens (tertiary/aromatic N) is 2. The van der Waals surface area contributed by atoms with Crippen molar-refractivity contribution in [3.05, 3.63) is 48.9 Å². The number of fused-ring (bicyclic) bond motifs is 3. The fourth-order valence-electron chi connectivity index (χ4n) is 1.73. The molecule has 0 fully saturated rings. The average Bonchev–Trinajstić information content (AvgIpc) is 2.29. The zero-order chi connectivity index (χ0) is 9.38. The standard InChI is InChI=1S/C12H8N2/c1-2-11-10-5-7-13-8-9(10)3-4-12(11)14-6-1/h1-8H. The van der Waals surface area contributed by atoms with E-state index >= 15 is 0 Å². The first-order chi connectivity index (χ1) is 6.95. The summed E-state index contributed by atoms with van der Waals surface area (Å²) in [6.45, 7) is 0. The van der Waals surface area contributed by atoms with Gasteiger partial charge in [0.2, 0.25) is 0 Å². The highest BCUT2D eigenvalue weighted by molar-refractivity contribution is 6.05. The second kappa shape index (κ2) is 2.77. The van der Waals surface area contributed by atoms with Crippen LogP contribution in [0.2, 0.25) is 0 Å². The van der Waals surface area contributed by atoms with Crippen LogP contribution in [0.4, 0.5) is 0 Å². The molecule has 2 heteroatoms. The quantitative estimate of drug-likeness (QED) is 0.497. The summed E-state index contributed by atoms with van der Waals surface area (Å²) in [6.07, 6.45) is 5.51. The molecule has 0 bridgehead atoms. The molecule has 0 amide bonds. The smallest absolute Gasteiger partial charge is 0.0708 e. The third kappa shape index (κ3) is 0.973. The van der Waals surface area contributed by atoms with E-state index in [-0.39, 0.29) is 0 Å². The van der Waals surface area contributed by atoms with Gasteiger partial charge in [-0.15, -0.1) is 0 Å². The Balaban J connectivity index is 2.61. The fraction of sp³-hybridized carbons (Fsp3) is 0. The summed E-state index contributed by atoms with van der Waals surface area (Å²) in [7, 11) is 0. The number of hydrogen-bond donors (Lipinski definition) is 0. The van der Waals surface area contributed by atoms with Crippen LogP contribution >= 0.6 is 0 Å². The van der Waals surface area contributed by atoms with Crippen molar-refractivity contribution in [1.29, 1.82) is 0 Å². The van der Waals surface area contributed by atoms with Gasteiger partial charge < -0.3 is 0 Å². The minimum Gasteiger partial charge on any atom is -0.264 e. The third-order valence-corrected chi connectivity index (χ3v) is 2.40. The molecule has 0 spiro atoms. The molecule has 0 aliphatic heterocycles. The molecule has 66 valence electrons. The molecule has 2 nitrogen and oxygen atoms in total. The summed E-state index contributed by atoms with van der Waals surface area (Å²) >= 11 is 0. The molecule has 0 aliphatic rings. The van der Waals surface area contributed by atoms with E-state index in [9.17, 15) is 0 Å². The van der Waals surface area contributed by atoms with Crippen molar-refractivity contribution >= 4 is 21.7 Å². The van der Waals surface area contributed by atoms with Gasteiger partial charge in [0, 0.05) is 29.4 Å². The highest BCUT2D eigenvalue weighted by atomic mass is 14.6. The predicted molar refractivity (Wildman–Crippen MR) is 57.0 cm³/mol. The monoisotopic (exact) mass is 180 g/mol. The number of rotatable bonds is 0. The summed E-state index contributed by atoms with van der Waals surface area (Å²) in [5.41, 5.74) is 1.03. The van der Waals surface area contributed by atoms with E-state index in [1.165, 1.54) is 10.8 Å². The van der Waals surface area contributed by atoms with Crippen LogP contribution in [-0.2, 0) is 0 Å². The van der Waals surface area contributed by atoms with Crippen LogP contribution < -0.4 is 0 Å². The Kier molecular flexibility index (Phi) is 1.47. The Hall–Kier alpha value is -1.96. The molecule has 0 saturated carbocycles. The SMILES string of the molecule is c1cnc2ccc3cnccc3c2c1. The lowest BCUT2D eigenvalue weighted by atomic mass is 10.1. The Bertz CT molecular complexity index is 547. The minimum atomic E-state index is 1.03. The highest BCUT2D eigenvalue weighted by Gasteiger charge is 1.98. The first kappa shape index (κ1) is 7.44. The molecular formula is C12H8N2. The van der Waals surface area contributed by atoms with E-state index in [1.54, 1.807) is 0 Å². The van der Waals surface area contributed by atoms with Crippen LogP contribution in [0.1, 0.15) is 0 Å². The van der Waals surface area contributed by atoms with Gasteiger partial charge in [-0.2, -0.15) is 0 Å². The molecule has 0 unspecified atom stereocenters. The largest absolute Gasteiger partial charge is 0.264 e. The summed E-state index contributed by atoms with van der Waals surface area (Å²) in [6, 6.07) is 10.2. The number of hydrogen-bond acceptors (Lipinski definition) is 2. The molecule has 0 saturated heterocycles. The fourth-order valence-corrected chi connectivity index (χ4v) is 1.73. The van der Waals surface area contributed by atoms with Gasteiger partial charge in [-0.05, 0) is 23.6 Å². The van der Waals surface area contributed by atoms with Crippen LogP contribution in [0.5, 0.6) is 0 Å². The summed E-state index contributed by atoms with van der Waals surface area (Å²) in [4.78, 5) is 8.41. The summed E-state index contributed by atoms with van der Waals surface area (Å²) in [5.74, 6) is 0. The molecule has 1 aromatic carbocycles. The average molecular weight is 180 g/mol. The Morgan fingerprint density at radius 2 is 1.86 bits per heavy atom. The second-order valence-corrected chi connectivity index (χ2v) is 3.23. The number of aromatic nitrogens is 2. The van der Waals surface area contributed by atoms with E-state index in [0.29, 0.717) is 0 Å². The minimum absolute atomic E-state index is 1.03. The van der Waals surface area contributed by atoms with Crippen molar-refractivity contribution in [2.24, 2.45) is 0 Å². The maximum absolute atomic E-state index is 4.31. The molecule has 3 rings (SSSR count). The number of pyridine rings is 2. The van der Waals surface area contributed by atoms with Gasteiger partial charge >= 0.3 is 0 Å². The Morgan fingerprint density at radius 1 is 0.857 bits per heavy atom. The first-order valence-corrected chi connectivity index (χ1v) is 4.52. The van der Waals surface area contributed by atoms with Crippen LogP contribution in [0, 0.1) is 0 Å². The van der Waals surface area contributed by atoms with Crippen LogP contribution in [0.15, 0.2) is 48.9 Å². The van der Waals surface area contributed by atoms with Crippen LogP contribution in [0.3, 0.4) is 0 Å². The molecule has 0 atom stereocenters. The maximum Gasteiger partial charge on any atom is 0.0708 e. The van der Waals surface area contributed by atoms with Crippen LogP contribution in [0.25, 0.3) is 21.7 Å². The molecule has 3 aromatic rings. The van der Waals surface area contributed by atoms with E-state index < -0.39 is 0 Å². The Morgan fingerprint density at radius 3 is 2.86 bits per heavy atom. The lowest BCUT2D eigenvalue weighted by Crippen LogP contribution is -1.80. The maximum atomic E-state index is 4.31. The van der Waals surface area contributed by atoms with Gasteiger partial charge in [-0.25, -0.2) is 0 Å².